The fraction of sp³-hybridized carbons (Fsp3) is 0.500. The van der Waals surface area contributed by atoms with Crippen LogP contribution in [0.4, 0.5) is 13.2 Å². The van der Waals surface area contributed by atoms with E-state index >= 15 is 0 Å². The molecule has 1 aromatic rings. The number of nitrogens with one attached hydrogen (secondary N) is 1. The molecule has 0 radical (unpaired) electrons. The molecule has 21 heavy (non-hydrogen) atoms. The average Bonchev–Trinajstić information content (AvgIpc) is 2.44. The molecule has 1 aliphatic rings. The van der Waals surface area contributed by atoms with Crippen molar-refractivity contribution >= 4 is 5.91 Å². The second-order valence-electron chi connectivity index (χ2n) is 5.00. The molecule has 0 bridgehead atoms. The highest BCUT2D eigenvalue weighted by Gasteiger charge is 2.36. The maximum Gasteiger partial charge on any atom is 0.406 e. The van der Waals surface area contributed by atoms with Crippen molar-refractivity contribution in [1.82, 2.24) is 10.2 Å². The van der Waals surface area contributed by atoms with E-state index in [0.29, 0.717) is 17.9 Å². The number of fused-ring (bicyclic) bond motifs is 1. The first kappa shape index (κ1) is 15.8. The van der Waals surface area contributed by atoms with Crippen molar-refractivity contribution in [3.8, 4) is 0 Å². The number of carbonyl (C=O) groups is 1. The Morgan fingerprint density at radius 2 is 2.00 bits per heavy atom. The molecule has 0 aromatic heterocycles. The smallest absolute Gasteiger partial charge is 0.395 e. The van der Waals surface area contributed by atoms with Gasteiger partial charge < -0.3 is 15.3 Å². The van der Waals surface area contributed by atoms with Gasteiger partial charge in [0.1, 0.15) is 6.54 Å². The van der Waals surface area contributed by atoms with Crippen LogP contribution in [0.3, 0.4) is 0 Å². The molecule has 0 fully saturated rings. The standard InChI is InChI=1S/C14H17F3N2O2/c15-14(16,17)9-19(5-6-20)13(21)12-7-10-3-1-2-4-11(10)8-18-12/h1-4,12,18,20H,5-9H2/t12-/m1/s1. The van der Waals surface area contributed by atoms with Crippen molar-refractivity contribution in [2.75, 3.05) is 19.7 Å². The number of carbonyl (C=O) groups excluding carboxylic acids is 1. The highest BCUT2D eigenvalue weighted by atomic mass is 19.4. The zero-order chi connectivity index (χ0) is 15.5. The van der Waals surface area contributed by atoms with E-state index in [4.69, 9.17) is 5.11 Å². The van der Waals surface area contributed by atoms with Gasteiger partial charge in [0, 0.05) is 13.1 Å². The summed E-state index contributed by atoms with van der Waals surface area (Å²) in [5.74, 6) is -0.629. The Hall–Kier alpha value is -1.60. The van der Waals surface area contributed by atoms with E-state index < -0.39 is 31.3 Å². The van der Waals surface area contributed by atoms with E-state index in [1.807, 2.05) is 24.3 Å². The lowest BCUT2D eigenvalue weighted by molar-refractivity contribution is -0.163. The van der Waals surface area contributed by atoms with E-state index in [-0.39, 0.29) is 6.54 Å². The third-order valence-electron chi connectivity index (χ3n) is 3.43. The van der Waals surface area contributed by atoms with Crippen LogP contribution in [0.1, 0.15) is 11.1 Å². The predicted molar refractivity (Wildman–Crippen MR) is 70.5 cm³/mol. The van der Waals surface area contributed by atoms with E-state index in [0.717, 1.165) is 11.1 Å². The van der Waals surface area contributed by atoms with Crippen LogP contribution in [-0.4, -0.2) is 47.8 Å². The molecule has 0 unspecified atom stereocenters. The van der Waals surface area contributed by atoms with Gasteiger partial charge >= 0.3 is 6.18 Å². The quantitative estimate of drug-likeness (QED) is 0.875. The van der Waals surface area contributed by atoms with E-state index in [2.05, 4.69) is 5.32 Å². The Kier molecular flexibility index (Phi) is 4.84. The van der Waals surface area contributed by atoms with Crippen molar-refractivity contribution in [1.29, 1.82) is 0 Å². The summed E-state index contributed by atoms with van der Waals surface area (Å²) in [5, 5.41) is 11.8. The van der Waals surface area contributed by atoms with Gasteiger partial charge in [0.25, 0.3) is 0 Å². The molecule has 0 spiro atoms. The molecule has 2 rings (SSSR count). The Labute approximate surface area is 120 Å². The molecule has 2 N–H and O–H groups in total. The first-order valence-corrected chi connectivity index (χ1v) is 6.67. The van der Waals surface area contributed by atoms with Crippen molar-refractivity contribution in [2.45, 2.75) is 25.2 Å². The minimum Gasteiger partial charge on any atom is -0.395 e. The van der Waals surface area contributed by atoms with Crippen molar-refractivity contribution in [3.63, 3.8) is 0 Å². The third-order valence-corrected chi connectivity index (χ3v) is 3.43. The fourth-order valence-corrected chi connectivity index (χ4v) is 2.45. The zero-order valence-corrected chi connectivity index (χ0v) is 11.4. The summed E-state index contributed by atoms with van der Waals surface area (Å²) in [5.41, 5.74) is 2.01. The van der Waals surface area contributed by atoms with Crippen LogP contribution in [0.15, 0.2) is 24.3 Å². The first-order valence-electron chi connectivity index (χ1n) is 6.67. The topological polar surface area (TPSA) is 52.6 Å². The highest BCUT2D eigenvalue weighted by Crippen LogP contribution is 2.20. The highest BCUT2D eigenvalue weighted by molar-refractivity contribution is 5.82. The normalized spacial score (nSPS) is 18.2. The number of halogens is 3. The molecule has 1 amide bonds. The summed E-state index contributed by atoms with van der Waals surface area (Å²) >= 11 is 0. The molecule has 0 saturated carbocycles. The van der Waals surface area contributed by atoms with Gasteiger partial charge in [0.15, 0.2) is 0 Å². The Balaban J connectivity index is 2.08. The monoisotopic (exact) mass is 302 g/mol. The number of aliphatic hydroxyl groups excluding tert-OH is 1. The summed E-state index contributed by atoms with van der Waals surface area (Å²) in [4.78, 5) is 12.9. The van der Waals surface area contributed by atoms with Gasteiger partial charge in [-0.2, -0.15) is 13.2 Å². The lowest BCUT2D eigenvalue weighted by atomic mass is 9.95. The van der Waals surface area contributed by atoms with Crippen molar-refractivity contribution in [3.05, 3.63) is 35.4 Å². The number of hydrogen-bond donors (Lipinski definition) is 2. The Bertz CT molecular complexity index is 505. The maximum absolute atomic E-state index is 12.5. The molecular formula is C14H17F3N2O2. The van der Waals surface area contributed by atoms with Gasteiger partial charge in [-0.1, -0.05) is 24.3 Å². The van der Waals surface area contributed by atoms with E-state index in [1.165, 1.54) is 0 Å². The number of rotatable bonds is 4. The van der Waals surface area contributed by atoms with Gasteiger partial charge in [-0.05, 0) is 17.5 Å². The average molecular weight is 302 g/mol. The summed E-state index contributed by atoms with van der Waals surface area (Å²) in [7, 11) is 0. The summed E-state index contributed by atoms with van der Waals surface area (Å²) < 4.78 is 37.5. The number of benzene rings is 1. The van der Waals surface area contributed by atoms with Crippen molar-refractivity contribution < 1.29 is 23.1 Å². The number of hydrogen-bond acceptors (Lipinski definition) is 3. The minimum atomic E-state index is -4.47. The molecule has 1 atom stereocenters. The molecule has 0 aliphatic carbocycles. The maximum atomic E-state index is 12.5. The number of aliphatic hydroxyl groups is 1. The number of amides is 1. The molecule has 1 heterocycles. The van der Waals surface area contributed by atoms with Gasteiger partial charge in [0.2, 0.25) is 5.91 Å². The van der Waals surface area contributed by atoms with Crippen LogP contribution in [0.25, 0.3) is 0 Å². The fourth-order valence-electron chi connectivity index (χ4n) is 2.45. The lowest BCUT2D eigenvalue weighted by Crippen LogP contribution is -2.52. The lowest BCUT2D eigenvalue weighted by Gasteiger charge is -2.31. The van der Waals surface area contributed by atoms with Gasteiger partial charge in [0.05, 0.1) is 12.6 Å². The van der Waals surface area contributed by atoms with Gasteiger partial charge in [-0.25, -0.2) is 0 Å². The SMILES string of the molecule is O=C([C@H]1Cc2ccccc2CN1)N(CCO)CC(F)(F)F. The van der Waals surface area contributed by atoms with E-state index in [9.17, 15) is 18.0 Å². The van der Waals surface area contributed by atoms with Crippen molar-refractivity contribution in [2.24, 2.45) is 0 Å². The molecule has 0 saturated heterocycles. The molecule has 1 aromatic carbocycles. The van der Waals surface area contributed by atoms with Gasteiger partial charge in [-0.15, -0.1) is 0 Å². The van der Waals surface area contributed by atoms with Crippen LogP contribution in [0.2, 0.25) is 0 Å². The van der Waals surface area contributed by atoms with Crippen LogP contribution in [-0.2, 0) is 17.8 Å². The molecule has 116 valence electrons. The first-order chi connectivity index (χ1) is 9.90. The Morgan fingerprint density at radius 3 is 2.62 bits per heavy atom. The zero-order valence-electron chi connectivity index (χ0n) is 11.4. The molecule has 7 heteroatoms. The second kappa shape index (κ2) is 6.44. The number of nitrogens with zero attached hydrogens (tertiary/aromatic N) is 1. The third kappa shape index (κ3) is 4.18. The van der Waals surface area contributed by atoms with Crippen LogP contribution in [0, 0.1) is 0 Å². The predicted octanol–water partition coefficient (Wildman–Crippen LogP) is 1.08. The molecular weight excluding hydrogens is 285 g/mol. The minimum absolute atomic E-state index is 0.321. The number of alkyl halides is 3. The summed E-state index contributed by atoms with van der Waals surface area (Å²) in [6.07, 6.45) is -4.12. The largest absolute Gasteiger partial charge is 0.406 e. The van der Waals surface area contributed by atoms with E-state index in [1.54, 1.807) is 0 Å². The van der Waals surface area contributed by atoms with Crippen LogP contribution < -0.4 is 5.32 Å². The van der Waals surface area contributed by atoms with Crippen LogP contribution >= 0.6 is 0 Å². The molecule has 4 nitrogen and oxygen atoms in total. The Morgan fingerprint density at radius 1 is 1.33 bits per heavy atom. The van der Waals surface area contributed by atoms with Crippen LogP contribution in [0.5, 0.6) is 0 Å². The second-order valence-corrected chi connectivity index (χ2v) is 5.00. The summed E-state index contributed by atoms with van der Waals surface area (Å²) in [6, 6.07) is 6.83. The van der Waals surface area contributed by atoms with Gasteiger partial charge in [-0.3, -0.25) is 4.79 Å². The summed E-state index contributed by atoms with van der Waals surface area (Å²) in [6.45, 7) is -1.71. The molecule has 1 aliphatic heterocycles.